The van der Waals surface area contributed by atoms with E-state index in [0.29, 0.717) is 19.6 Å². The number of carbonyl (C=O) groups is 2. The number of amides is 2. The Kier molecular flexibility index (Phi) is 5.60. The van der Waals surface area contributed by atoms with Crippen LogP contribution in [0.5, 0.6) is 0 Å². The van der Waals surface area contributed by atoms with Crippen LogP contribution in [0.1, 0.15) is 38.3 Å². The van der Waals surface area contributed by atoms with Crippen molar-refractivity contribution in [2.45, 2.75) is 51.7 Å². The summed E-state index contributed by atoms with van der Waals surface area (Å²) in [4.78, 5) is 27.7. The van der Waals surface area contributed by atoms with Crippen molar-refractivity contribution in [1.29, 1.82) is 0 Å². The summed E-state index contributed by atoms with van der Waals surface area (Å²) in [7, 11) is 0. The zero-order valence-corrected chi connectivity index (χ0v) is 16.2. The third-order valence-electron chi connectivity index (χ3n) is 4.76. The predicted octanol–water partition coefficient (Wildman–Crippen LogP) is 2.73. The highest BCUT2D eigenvalue weighted by molar-refractivity contribution is 5.89. The minimum atomic E-state index is -0.497. The van der Waals surface area contributed by atoms with Gasteiger partial charge in [-0.05, 0) is 63.3 Å². The second-order valence-corrected chi connectivity index (χ2v) is 8.07. The van der Waals surface area contributed by atoms with E-state index < -0.39 is 17.8 Å². The molecule has 2 aliphatic rings. The Morgan fingerprint density at radius 3 is 2.70 bits per heavy atom. The number of nitrogens with zero attached hydrogens (tertiary/aromatic N) is 2. The molecule has 1 fully saturated rings. The fourth-order valence-corrected chi connectivity index (χ4v) is 3.42. The third-order valence-corrected chi connectivity index (χ3v) is 4.76. The second kappa shape index (κ2) is 7.76. The first-order valence-corrected chi connectivity index (χ1v) is 9.45. The van der Waals surface area contributed by atoms with Gasteiger partial charge < -0.3 is 19.5 Å². The average Bonchev–Trinajstić information content (AvgIpc) is 2.95. The van der Waals surface area contributed by atoms with Gasteiger partial charge in [-0.2, -0.15) is 0 Å². The summed E-state index contributed by atoms with van der Waals surface area (Å²) < 4.78 is 10.6. The third kappa shape index (κ3) is 4.71. The predicted molar refractivity (Wildman–Crippen MR) is 101 cm³/mol. The van der Waals surface area contributed by atoms with Gasteiger partial charge in [0.2, 0.25) is 0 Å². The monoisotopic (exact) mass is 376 g/mol. The molecule has 0 radical (unpaired) electrons. The quantitative estimate of drug-likeness (QED) is 0.859. The van der Waals surface area contributed by atoms with Crippen molar-refractivity contribution in [2.24, 2.45) is 0 Å². The van der Waals surface area contributed by atoms with Crippen molar-refractivity contribution in [1.82, 2.24) is 4.90 Å². The summed E-state index contributed by atoms with van der Waals surface area (Å²) in [5, 5.41) is 9.20. The SMILES string of the molecule is CC(C)(C)OC(=O)N1CCCc2cc(N3CC(CO)OC3=O)ccc2CC1. The highest BCUT2D eigenvalue weighted by Gasteiger charge is 2.32. The van der Waals surface area contributed by atoms with Crippen LogP contribution in [0.4, 0.5) is 15.3 Å². The molecule has 1 atom stereocenters. The number of carbonyl (C=O) groups excluding carboxylic acids is 2. The molecule has 0 saturated carbocycles. The van der Waals surface area contributed by atoms with Crippen LogP contribution < -0.4 is 4.90 Å². The van der Waals surface area contributed by atoms with Crippen LogP contribution in [0.15, 0.2) is 18.2 Å². The van der Waals surface area contributed by atoms with Crippen LogP contribution in [-0.4, -0.2) is 60.1 Å². The lowest BCUT2D eigenvalue weighted by Crippen LogP contribution is -2.39. The van der Waals surface area contributed by atoms with Crippen molar-refractivity contribution in [3.63, 3.8) is 0 Å². The Bertz CT molecular complexity index is 713. The second-order valence-electron chi connectivity index (χ2n) is 8.07. The molecule has 148 valence electrons. The Labute approximate surface area is 159 Å². The molecule has 1 N–H and O–H groups in total. The number of hydrogen-bond donors (Lipinski definition) is 1. The van der Waals surface area contributed by atoms with Gasteiger partial charge in [0, 0.05) is 18.8 Å². The van der Waals surface area contributed by atoms with Crippen molar-refractivity contribution in [3.8, 4) is 0 Å². The number of ether oxygens (including phenoxy) is 2. The van der Waals surface area contributed by atoms with Gasteiger partial charge in [-0.15, -0.1) is 0 Å². The minimum Gasteiger partial charge on any atom is -0.444 e. The number of aryl methyl sites for hydroxylation is 1. The molecular weight excluding hydrogens is 348 g/mol. The van der Waals surface area contributed by atoms with Gasteiger partial charge in [-0.1, -0.05) is 6.07 Å². The number of aliphatic hydroxyl groups is 1. The van der Waals surface area contributed by atoms with Crippen LogP contribution >= 0.6 is 0 Å². The molecule has 7 heteroatoms. The number of anilines is 1. The van der Waals surface area contributed by atoms with E-state index in [0.717, 1.165) is 24.9 Å². The summed E-state index contributed by atoms with van der Waals surface area (Å²) in [6, 6.07) is 5.95. The van der Waals surface area contributed by atoms with E-state index in [2.05, 4.69) is 0 Å². The highest BCUT2D eigenvalue weighted by Crippen LogP contribution is 2.27. The van der Waals surface area contributed by atoms with Gasteiger partial charge in [0.1, 0.15) is 11.7 Å². The van der Waals surface area contributed by atoms with E-state index >= 15 is 0 Å². The summed E-state index contributed by atoms with van der Waals surface area (Å²) in [5.41, 5.74) is 2.66. The van der Waals surface area contributed by atoms with Crippen LogP contribution in [0.2, 0.25) is 0 Å². The van der Waals surface area contributed by atoms with Crippen molar-refractivity contribution < 1.29 is 24.2 Å². The van der Waals surface area contributed by atoms with Gasteiger partial charge in [-0.3, -0.25) is 4.90 Å². The van der Waals surface area contributed by atoms with E-state index in [1.807, 2.05) is 39.0 Å². The largest absolute Gasteiger partial charge is 0.444 e. The molecule has 0 spiro atoms. The Balaban J connectivity index is 1.70. The summed E-state index contributed by atoms with van der Waals surface area (Å²) in [5.74, 6) is 0. The van der Waals surface area contributed by atoms with Gasteiger partial charge >= 0.3 is 12.2 Å². The lowest BCUT2D eigenvalue weighted by Gasteiger charge is -2.29. The normalized spacial score (nSPS) is 20.6. The van der Waals surface area contributed by atoms with E-state index in [1.165, 1.54) is 11.1 Å². The summed E-state index contributed by atoms with van der Waals surface area (Å²) in [6.45, 7) is 7.06. The van der Waals surface area contributed by atoms with E-state index in [4.69, 9.17) is 9.47 Å². The molecule has 1 aromatic carbocycles. The number of fused-ring (bicyclic) bond motifs is 1. The average molecular weight is 376 g/mol. The number of rotatable bonds is 2. The molecular formula is C20H28N2O5. The fourth-order valence-electron chi connectivity index (χ4n) is 3.42. The molecule has 27 heavy (non-hydrogen) atoms. The molecule has 0 aliphatic carbocycles. The van der Waals surface area contributed by atoms with Crippen molar-refractivity contribution in [3.05, 3.63) is 29.3 Å². The van der Waals surface area contributed by atoms with Gasteiger partial charge in [-0.25, -0.2) is 9.59 Å². The summed E-state index contributed by atoms with van der Waals surface area (Å²) in [6.07, 6.45) is 1.25. The maximum atomic E-state index is 12.3. The van der Waals surface area contributed by atoms with E-state index in [9.17, 15) is 14.7 Å². The molecule has 3 rings (SSSR count). The van der Waals surface area contributed by atoms with Crippen molar-refractivity contribution >= 4 is 17.9 Å². The molecule has 1 aromatic rings. The van der Waals surface area contributed by atoms with Crippen LogP contribution in [-0.2, 0) is 22.3 Å². The van der Waals surface area contributed by atoms with E-state index in [-0.39, 0.29) is 12.7 Å². The Morgan fingerprint density at radius 2 is 2.04 bits per heavy atom. The maximum absolute atomic E-state index is 12.3. The zero-order chi connectivity index (χ0) is 19.6. The first-order valence-electron chi connectivity index (χ1n) is 9.45. The number of hydrogen-bond acceptors (Lipinski definition) is 5. The topological polar surface area (TPSA) is 79.3 Å². The van der Waals surface area contributed by atoms with Gasteiger partial charge in [0.05, 0.1) is 13.2 Å². The lowest BCUT2D eigenvalue weighted by atomic mass is 9.97. The Morgan fingerprint density at radius 1 is 1.26 bits per heavy atom. The smallest absolute Gasteiger partial charge is 0.414 e. The first kappa shape index (κ1) is 19.5. The number of benzene rings is 1. The minimum absolute atomic E-state index is 0.173. The molecule has 7 nitrogen and oxygen atoms in total. The molecule has 0 bridgehead atoms. The fraction of sp³-hybridized carbons (Fsp3) is 0.600. The molecule has 1 unspecified atom stereocenters. The standard InChI is InChI=1S/C20H28N2O5/c1-20(2,3)27-18(24)21-9-4-5-15-11-16(7-6-14(15)8-10-21)22-12-17(13-23)26-19(22)25/h6-7,11,17,23H,4-5,8-10,12-13H2,1-3H3. The van der Waals surface area contributed by atoms with Gasteiger partial charge in [0.15, 0.2) is 0 Å². The first-order chi connectivity index (χ1) is 12.8. The molecule has 0 aromatic heterocycles. The molecule has 2 aliphatic heterocycles. The molecule has 1 saturated heterocycles. The maximum Gasteiger partial charge on any atom is 0.414 e. The van der Waals surface area contributed by atoms with Crippen LogP contribution in [0.25, 0.3) is 0 Å². The summed E-state index contributed by atoms with van der Waals surface area (Å²) >= 11 is 0. The van der Waals surface area contributed by atoms with Crippen LogP contribution in [0, 0.1) is 0 Å². The Hall–Kier alpha value is -2.28. The van der Waals surface area contributed by atoms with Crippen molar-refractivity contribution in [2.75, 3.05) is 31.1 Å². The number of aliphatic hydroxyl groups excluding tert-OH is 1. The van der Waals surface area contributed by atoms with E-state index in [1.54, 1.807) is 9.80 Å². The number of cyclic esters (lactones) is 1. The highest BCUT2D eigenvalue weighted by atomic mass is 16.6. The molecule has 2 amide bonds. The lowest BCUT2D eigenvalue weighted by molar-refractivity contribution is 0.0247. The molecule has 2 heterocycles. The zero-order valence-electron chi connectivity index (χ0n) is 16.2. The van der Waals surface area contributed by atoms with Gasteiger partial charge in [0.25, 0.3) is 0 Å². The van der Waals surface area contributed by atoms with Crippen LogP contribution in [0.3, 0.4) is 0 Å².